The third-order valence-electron chi connectivity index (χ3n) is 3.63. The van der Waals surface area contributed by atoms with Crippen LogP contribution in [0.1, 0.15) is 16.1 Å². The smallest absolute Gasteiger partial charge is 0.336 e. The topological polar surface area (TPSA) is 101 Å². The first kappa shape index (κ1) is 19.2. The number of aromatic carboxylic acids is 1. The van der Waals surface area contributed by atoms with Gasteiger partial charge in [-0.25, -0.2) is 10.2 Å². The van der Waals surface area contributed by atoms with E-state index in [0.29, 0.717) is 27.9 Å². The quantitative estimate of drug-likeness (QED) is 0.465. The summed E-state index contributed by atoms with van der Waals surface area (Å²) in [6, 6.07) is 16.6. The number of hydrazone groups is 1. The van der Waals surface area contributed by atoms with Crippen LogP contribution < -0.4 is 10.2 Å². The molecule has 1 heterocycles. The Kier molecular flexibility index (Phi) is 6.08. The van der Waals surface area contributed by atoms with Gasteiger partial charge in [0.15, 0.2) is 6.61 Å². The fourth-order valence-electron chi connectivity index (χ4n) is 2.36. The zero-order valence-electron chi connectivity index (χ0n) is 14.5. The Morgan fingerprint density at radius 3 is 2.64 bits per heavy atom. The number of nitrogens with one attached hydrogen (secondary N) is 1. The Balaban J connectivity index is 1.58. The van der Waals surface area contributed by atoms with Gasteiger partial charge in [-0.15, -0.1) is 0 Å². The van der Waals surface area contributed by atoms with Crippen molar-refractivity contribution in [3.05, 3.63) is 77.0 Å². The third kappa shape index (κ3) is 4.77. The molecule has 0 atom stereocenters. The Labute approximate surface area is 165 Å². The first-order valence-corrected chi connectivity index (χ1v) is 8.54. The molecule has 0 radical (unpaired) electrons. The summed E-state index contributed by atoms with van der Waals surface area (Å²) in [5.41, 5.74) is 2.89. The SMILES string of the molecule is O=C(COc1ccccc1Cl)N/N=C\c1ccc(-c2ccccc2C(=O)O)o1. The number of ether oxygens (including phenoxy) is 1. The van der Waals surface area contributed by atoms with Crippen molar-refractivity contribution in [2.45, 2.75) is 0 Å². The molecule has 0 saturated carbocycles. The number of halogens is 1. The maximum atomic E-state index is 11.8. The fourth-order valence-corrected chi connectivity index (χ4v) is 2.55. The van der Waals surface area contributed by atoms with Crippen molar-refractivity contribution in [1.29, 1.82) is 0 Å². The number of benzene rings is 2. The van der Waals surface area contributed by atoms with Crippen LogP contribution in [0.2, 0.25) is 5.02 Å². The van der Waals surface area contributed by atoms with Gasteiger partial charge < -0.3 is 14.3 Å². The minimum absolute atomic E-state index is 0.130. The second kappa shape index (κ2) is 8.88. The summed E-state index contributed by atoms with van der Waals surface area (Å²) in [5.74, 6) is -0.390. The number of hydrogen-bond donors (Lipinski definition) is 2. The van der Waals surface area contributed by atoms with E-state index in [1.807, 2.05) is 0 Å². The Bertz CT molecular complexity index is 1030. The third-order valence-corrected chi connectivity index (χ3v) is 3.94. The molecule has 0 unspecified atom stereocenters. The van der Waals surface area contributed by atoms with Crippen LogP contribution in [0.4, 0.5) is 0 Å². The molecule has 2 aromatic carbocycles. The summed E-state index contributed by atoms with van der Waals surface area (Å²) in [6.45, 7) is -0.254. The lowest BCUT2D eigenvalue weighted by atomic mass is 10.1. The van der Waals surface area contributed by atoms with E-state index in [-0.39, 0.29) is 12.2 Å². The monoisotopic (exact) mass is 398 g/mol. The summed E-state index contributed by atoms with van der Waals surface area (Å²) in [5, 5.41) is 13.4. The maximum Gasteiger partial charge on any atom is 0.336 e. The highest BCUT2D eigenvalue weighted by Gasteiger charge is 2.13. The standard InChI is InChI=1S/C20H15ClN2O5/c21-16-7-3-4-8-18(16)27-12-19(24)23-22-11-13-9-10-17(28-13)14-5-1-2-6-15(14)20(25)26/h1-11H,12H2,(H,23,24)(H,25,26)/b22-11-. The van der Waals surface area contributed by atoms with E-state index in [4.69, 9.17) is 20.8 Å². The molecule has 2 N–H and O–H groups in total. The molecule has 7 nitrogen and oxygen atoms in total. The highest BCUT2D eigenvalue weighted by atomic mass is 35.5. The van der Waals surface area contributed by atoms with E-state index in [1.165, 1.54) is 12.3 Å². The predicted octanol–water partition coefficient (Wildman–Crippen LogP) is 3.83. The molecule has 3 aromatic rings. The Morgan fingerprint density at radius 1 is 1.11 bits per heavy atom. The van der Waals surface area contributed by atoms with Gasteiger partial charge in [-0.2, -0.15) is 5.10 Å². The molecular weight excluding hydrogens is 384 g/mol. The Morgan fingerprint density at radius 2 is 1.86 bits per heavy atom. The number of carboxylic acid groups (broad SMARTS) is 1. The van der Waals surface area contributed by atoms with Crippen LogP contribution in [-0.2, 0) is 4.79 Å². The largest absolute Gasteiger partial charge is 0.482 e. The number of furan rings is 1. The molecule has 1 amide bonds. The second-order valence-corrected chi connectivity index (χ2v) is 5.97. The number of carbonyl (C=O) groups is 2. The van der Waals surface area contributed by atoms with Crippen molar-refractivity contribution in [3.8, 4) is 17.1 Å². The van der Waals surface area contributed by atoms with Crippen molar-refractivity contribution < 1.29 is 23.8 Å². The summed E-state index contributed by atoms with van der Waals surface area (Å²) in [6.07, 6.45) is 1.31. The minimum atomic E-state index is -1.05. The lowest BCUT2D eigenvalue weighted by Gasteiger charge is -2.06. The molecular formula is C20H15ClN2O5. The van der Waals surface area contributed by atoms with E-state index in [1.54, 1.807) is 54.6 Å². The van der Waals surface area contributed by atoms with Gasteiger partial charge in [-0.1, -0.05) is 41.9 Å². The second-order valence-electron chi connectivity index (χ2n) is 5.57. The number of carboxylic acids is 1. The van der Waals surface area contributed by atoms with Gasteiger partial charge in [0, 0.05) is 5.56 Å². The molecule has 1 aromatic heterocycles. The summed E-state index contributed by atoms with van der Waals surface area (Å²) < 4.78 is 10.9. The molecule has 0 spiro atoms. The zero-order chi connectivity index (χ0) is 19.9. The van der Waals surface area contributed by atoms with Crippen molar-refractivity contribution in [3.63, 3.8) is 0 Å². The summed E-state index contributed by atoms with van der Waals surface area (Å²) >= 11 is 5.94. The molecule has 0 aliphatic rings. The van der Waals surface area contributed by atoms with Gasteiger partial charge in [0.1, 0.15) is 17.3 Å². The molecule has 8 heteroatoms. The van der Waals surface area contributed by atoms with Gasteiger partial charge in [-0.05, 0) is 30.3 Å². The fraction of sp³-hybridized carbons (Fsp3) is 0.0500. The number of carbonyl (C=O) groups excluding carboxylic acids is 1. The van der Waals surface area contributed by atoms with E-state index >= 15 is 0 Å². The molecule has 0 aliphatic heterocycles. The number of nitrogens with zero attached hydrogens (tertiary/aromatic N) is 1. The van der Waals surface area contributed by atoms with Crippen LogP contribution >= 0.6 is 11.6 Å². The van der Waals surface area contributed by atoms with Crippen molar-refractivity contribution in [1.82, 2.24) is 5.43 Å². The number of rotatable bonds is 7. The normalized spacial score (nSPS) is 10.8. The Hall–Kier alpha value is -3.58. The first-order valence-electron chi connectivity index (χ1n) is 8.16. The predicted molar refractivity (Wildman–Crippen MR) is 104 cm³/mol. The average Bonchev–Trinajstić information content (AvgIpc) is 3.16. The highest BCUT2D eigenvalue weighted by Crippen LogP contribution is 2.25. The van der Waals surface area contributed by atoms with E-state index in [9.17, 15) is 14.7 Å². The first-order chi connectivity index (χ1) is 13.5. The molecule has 142 valence electrons. The van der Waals surface area contributed by atoms with E-state index < -0.39 is 11.9 Å². The molecule has 0 aliphatic carbocycles. The summed E-state index contributed by atoms with van der Waals surface area (Å²) in [4.78, 5) is 23.1. The van der Waals surface area contributed by atoms with Crippen LogP contribution in [0.25, 0.3) is 11.3 Å². The highest BCUT2D eigenvalue weighted by molar-refractivity contribution is 6.32. The molecule has 0 bridgehead atoms. The van der Waals surface area contributed by atoms with Gasteiger partial charge in [0.25, 0.3) is 5.91 Å². The molecule has 0 saturated heterocycles. The van der Waals surface area contributed by atoms with Crippen molar-refractivity contribution in [2.24, 2.45) is 5.10 Å². The van der Waals surface area contributed by atoms with Crippen LogP contribution in [0.3, 0.4) is 0 Å². The van der Waals surface area contributed by atoms with Crippen LogP contribution in [0.5, 0.6) is 5.75 Å². The molecule has 3 rings (SSSR count). The zero-order valence-corrected chi connectivity index (χ0v) is 15.2. The van der Waals surface area contributed by atoms with Gasteiger partial charge in [0.05, 0.1) is 16.8 Å². The average molecular weight is 399 g/mol. The summed E-state index contributed by atoms with van der Waals surface area (Å²) in [7, 11) is 0. The van der Waals surface area contributed by atoms with E-state index in [0.717, 1.165) is 0 Å². The maximum absolute atomic E-state index is 11.8. The van der Waals surface area contributed by atoms with Gasteiger partial charge in [-0.3, -0.25) is 4.79 Å². The van der Waals surface area contributed by atoms with Crippen molar-refractivity contribution >= 4 is 29.7 Å². The van der Waals surface area contributed by atoms with Gasteiger partial charge >= 0.3 is 5.97 Å². The lowest BCUT2D eigenvalue weighted by Crippen LogP contribution is -2.24. The molecule has 0 fully saturated rings. The van der Waals surface area contributed by atoms with E-state index in [2.05, 4.69) is 10.5 Å². The number of para-hydroxylation sites is 1. The van der Waals surface area contributed by atoms with Gasteiger partial charge in [0.2, 0.25) is 0 Å². The molecule has 28 heavy (non-hydrogen) atoms. The van der Waals surface area contributed by atoms with Crippen LogP contribution in [0.15, 0.2) is 70.2 Å². The minimum Gasteiger partial charge on any atom is -0.482 e. The lowest BCUT2D eigenvalue weighted by molar-refractivity contribution is -0.123. The number of hydrogen-bond acceptors (Lipinski definition) is 5. The van der Waals surface area contributed by atoms with Crippen LogP contribution in [-0.4, -0.2) is 29.8 Å². The van der Waals surface area contributed by atoms with Crippen molar-refractivity contribution in [2.75, 3.05) is 6.61 Å². The number of amides is 1. The van der Waals surface area contributed by atoms with Crippen LogP contribution in [0, 0.1) is 0 Å².